The van der Waals surface area contributed by atoms with Crippen molar-refractivity contribution in [2.45, 2.75) is 27.7 Å². The minimum Gasteiger partial charge on any atom is -0.462 e. The maximum atomic E-state index is 12.1. The molecule has 0 rings (SSSR count). The number of carbonyl (C=O) groups is 2. The van der Waals surface area contributed by atoms with Crippen LogP contribution < -0.4 is 0 Å². The van der Waals surface area contributed by atoms with Gasteiger partial charge in [-0.2, -0.15) is 0 Å². The molecule has 0 amide bonds. The summed E-state index contributed by atoms with van der Waals surface area (Å²) in [5.41, 5.74) is -1.45. The first-order valence-corrected chi connectivity index (χ1v) is 7.16. The van der Waals surface area contributed by atoms with E-state index in [4.69, 9.17) is 18.9 Å². The number of hydrogen-bond donors (Lipinski definition) is 0. The van der Waals surface area contributed by atoms with Crippen molar-refractivity contribution in [3.05, 3.63) is 12.2 Å². The highest BCUT2D eigenvalue weighted by Crippen LogP contribution is 2.23. The van der Waals surface area contributed by atoms with Crippen LogP contribution in [0.3, 0.4) is 0 Å². The van der Waals surface area contributed by atoms with Crippen LogP contribution in [0.1, 0.15) is 27.7 Å². The molecule has 6 nitrogen and oxygen atoms in total. The normalized spacial score (nSPS) is 11.6. The van der Waals surface area contributed by atoms with E-state index in [0.29, 0.717) is 26.4 Å². The van der Waals surface area contributed by atoms with Crippen LogP contribution in [-0.2, 0) is 28.5 Å². The van der Waals surface area contributed by atoms with Gasteiger partial charge in [0.1, 0.15) is 13.2 Å². The predicted molar refractivity (Wildman–Crippen MR) is 77.8 cm³/mol. The quantitative estimate of drug-likeness (QED) is 0.250. The van der Waals surface area contributed by atoms with E-state index in [-0.39, 0.29) is 13.2 Å². The van der Waals surface area contributed by atoms with Crippen LogP contribution in [0.2, 0.25) is 0 Å². The molecular formula is C15H26O6. The highest BCUT2D eigenvalue weighted by molar-refractivity contribution is 6.01. The van der Waals surface area contributed by atoms with Crippen LogP contribution in [0.4, 0.5) is 0 Å². The molecule has 6 heteroatoms. The fraction of sp³-hybridized carbons (Fsp3) is 0.733. The van der Waals surface area contributed by atoms with Crippen LogP contribution in [0.5, 0.6) is 0 Å². The van der Waals surface area contributed by atoms with Crippen LogP contribution in [-0.4, -0.2) is 51.6 Å². The molecule has 0 fully saturated rings. The van der Waals surface area contributed by atoms with E-state index in [1.807, 2.05) is 13.8 Å². The molecule has 0 saturated carbocycles. The zero-order valence-electron chi connectivity index (χ0n) is 13.3. The van der Waals surface area contributed by atoms with Crippen molar-refractivity contribution in [1.29, 1.82) is 0 Å². The molecule has 0 N–H and O–H groups in total. The second-order valence-corrected chi connectivity index (χ2v) is 4.37. The lowest BCUT2D eigenvalue weighted by atomic mass is 9.90. The monoisotopic (exact) mass is 302 g/mol. The first kappa shape index (κ1) is 19.6. The van der Waals surface area contributed by atoms with E-state index < -0.39 is 17.4 Å². The number of rotatable bonds is 11. The molecular weight excluding hydrogens is 276 g/mol. The van der Waals surface area contributed by atoms with E-state index in [0.717, 1.165) is 0 Å². The van der Waals surface area contributed by atoms with Gasteiger partial charge in [0.15, 0.2) is 5.41 Å². The highest BCUT2D eigenvalue weighted by Gasteiger charge is 2.41. The largest absolute Gasteiger partial charge is 0.462 e. The number of allylic oxidation sites excluding steroid dienone is 1. The zero-order valence-corrected chi connectivity index (χ0v) is 13.3. The lowest BCUT2D eigenvalue weighted by Gasteiger charge is -2.22. The Kier molecular flexibility index (Phi) is 10.5. The highest BCUT2D eigenvalue weighted by atomic mass is 16.6. The van der Waals surface area contributed by atoms with Gasteiger partial charge in [0, 0.05) is 13.2 Å². The molecule has 0 radical (unpaired) electrons. The Morgan fingerprint density at radius 3 is 1.67 bits per heavy atom. The molecule has 0 heterocycles. The Morgan fingerprint density at radius 1 is 0.905 bits per heavy atom. The van der Waals surface area contributed by atoms with Gasteiger partial charge in [-0.15, -0.1) is 0 Å². The minimum atomic E-state index is -1.45. The summed E-state index contributed by atoms with van der Waals surface area (Å²) in [4.78, 5) is 24.2. The maximum Gasteiger partial charge on any atom is 0.327 e. The summed E-state index contributed by atoms with van der Waals surface area (Å²) in [6.45, 7) is 8.78. The smallest absolute Gasteiger partial charge is 0.327 e. The molecule has 0 saturated heterocycles. The Labute approximate surface area is 126 Å². The number of ether oxygens (including phenoxy) is 4. The van der Waals surface area contributed by atoms with Crippen molar-refractivity contribution < 1.29 is 28.5 Å². The Morgan fingerprint density at radius 2 is 1.33 bits per heavy atom. The lowest BCUT2D eigenvalue weighted by Crippen LogP contribution is -2.38. The van der Waals surface area contributed by atoms with Crippen LogP contribution in [0.25, 0.3) is 0 Å². The van der Waals surface area contributed by atoms with Gasteiger partial charge in [-0.05, 0) is 27.7 Å². The summed E-state index contributed by atoms with van der Waals surface area (Å²) in [5, 5.41) is 0. The molecule has 0 bridgehead atoms. The average molecular weight is 302 g/mol. The second-order valence-electron chi connectivity index (χ2n) is 4.37. The number of hydrogen-bond acceptors (Lipinski definition) is 6. The fourth-order valence-electron chi connectivity index (χ4n) is 1.53. The van der Waals surface area contributed by atoms with Crippen LogP contribution >= 0.6 is 0 Å². The Balaban J connectivity index is 4.50. The third-order valence-corrected chi connectivity index (χ3v) is 2.68. The van der Waals surface area contributed by atoms with E-state index >= 15 is 0 Å². The Bertz CT molecular complexity index is 313. The molecule has 122 valence electrons. The summed E-state index contributed by atoms with van der Waals surface area (Å²) >= 11 is 0. The summed E-state index contributed by atoms with van der Waals surface area (Å²) in [6.07, 6.45) is 3.09. The third kappa shape index (κ3) is 7.24. The predicted octanol–water partition coefficient (Wildman–Crippen LogP) is 1.73. The van der Waals surface area contributed by atoms with Crippen LogP contribution in [0.15, 0.2) is 12.2 Å². The molecule has 0 aliphatic rings. The summed E-state index contributed by atoms with van der Waals surface area (Å²) in [7, 11) is 0. The minimum absolute atomic E-state index is 0.103. The van der Waals surface area contributed by atoms with Gasteiger partial charge in [-0.25, -0.2) is 0 Å². The van der Waals surface area contributed by atoms with Crippen molar-refractivity contribution in [3.63, 3.8) is 0 Å². The van der Waals surface area contributed by atoms with Crippen molar-refractivity contribution in [3.8, 4) is 0 Å². The second kappa shape index (κ2) is 11.3. The van der Waals surface area contributed by atoms with Gasteiger partial charge in [0.25, 0.3) is 0 Å². The van der Waals surface area contributed by atoms with Gasteiger partial charge < -0.3 is 18.9 Å². The van der Waals surface area contributed by atoms with Crippen molar-refractivity contribution >= 4 is 11.9 Å². The van der Waals surface area contributed by atoms with E-state index in [1.54, 1.807) is 13.0 Å². The SMILES string of the molecule is CC=CC(C)(C(=O)OCCOCC)C(=O)OCCOCC. The van der Waals surface area contributed by atoms with Gasteiger partial charge in [-0.1, -0.05) is 12.2 Å². The van der Waals surface area contributed by atoms with E-state index in [9.17, 15) is 9.59 Å². The van der Waals surface area contributed by atoms with Gasteiger partial charge in [0.05, 0.1) is 13.2 Å². The first-order valence-electron chi connectivity index (χ1n) is 7.16. The van der Waals surface area contributed by atoms with E-state index in [1.165, 1.54) is 13.0 Å². The van der Waals surface area contributed by atoms with Crippen molar-refractivity contribution in [2.75, 3.05) is 39.6 Å². The molecule has 21 heavy (non-hydrogen) atoms. The third-order valence-electron chi connectivity index (χ3n) is 2.68. The van der Waals surface area contributed by atoms with Crippen LogP contribution in [0, 0.1) is 5.41 Å². The Hall–Kier alpha value is -1.40. The summed E-state index contributed by atoms with van der Waals surface area (Å²) < 4.78 is 20.3. The molecule has 0 spiro atoms. The van der Waals surface area contributed by atoms with Crippen molar-refractivity contribution in [1.82, 2.24) is 0 Å². The molecule has 0 aromatic carbocycles. The zero-order chi connectivity index (χ0) is 16.1. The number of esters is 2. The molecule has 0 aromatic rings. The summed E-state index contributed by atoms with van der Waals surface area (Å²) in [5.74, 6) is -1.30. The topological polar surface area (TPSA) is 71.1 Å². The summed E-state index contributed by atoms with van der Waals surface area (Å²) in [6, 6.07) is 0. The molecule has 0 aliphatic carbocycles. The lowest BCUT2D eigenvalue weighted by molar-refractivity contribution is -0.168. The van der Waals surface area contributed by atoms with Gasteiger partial charge in [0.2, 0.25) is 0 Å². The molecule has 0 aliphatic heterocycles. The molecule has 0 aromatic heterocycles. The maximum absolute atomic E-state index is 12.1. The van der Waals surface area contributed by atoms with Crippen molar-refractivity contribution in [2.24, 2.45) is 5.41 Å². The van der Waals surface area contributed by atoms with Gasteiger partial charge >= 0.3 is 11.9 Å². The van der Waals surface area contributed by atoms with E-state index in [2.05, 4.69) is 0 Å². The fourth-order valence-corrected chi connectivity index (χ4v) is 1.53. The molecule has 0 atom stereocenters. The first-order chi connectivity index (χ1) is 10.0. The standard InChI is InChI=1S/C15H26O6/c1-5-8-15(4,13(16)20-11-9-18-6-2)14(17)21-12-10-19-7-3/h5,8H,6-7,9-12H2,1-4H3. The number of carbonyl (C=O) groups excluding carboxylic acids is 2. The molecule has 0 unspecified atom stereocenters. The average Bonchev–Trinajstić information content (AvgIpc) is 2.47. The van der Waals surface area contributed by atoms with Gasteiger partial charge in [-0.3, -0.25) is 9.59 Å².